The number of nitro benzene ring substituents is 1. The van der Waals surface area contributed by atoms with E-state index in [2.05, 4.69) is 10.2 Å². The number of carbonyl (C=O) groups excluding carboxylic acids is 2. The summed E-state index contributed by atoms with van der Waals surface area (Å²) < 4.78 is 0. The zero-order chi connectivity index (χ0) is 25.1. The lowest BCUT2D eigenvalue weighted by Crippen LogP contribution is -2.49. The molecule has 0 bridgehead atoms. The fourth-order valence-corrected chi connectivity index (χ4v) is 4.46. The zero-order valence-electron chi connectivity index (χ0n) is 18.8. The maximum Gasteiger partial charge on any atom is 0.288 e. The molecule has 1 aliphatic heterocycles. The Kier molecular flexibility index (Phi) is 7.23. The van der Waals surface area contributed by atoms with Crippen LogP contribution in [0.1, 0.15) is 26.3 Å². The van der Waals surface area contributed by atoms with Gasteiger partial charge in [-0.15, -0.1) is 0 Å². The number of hydrogen-bond acceptors (Lipinski definition) is 5. The van der Waals surface area contributed by atoms with Crippen LogP contribution in [0.4, 0.5) is 17.1 Å². The van der Waals surface area contributed by atoms with Gasteiger partial charge < -0.3 is 15.1 Å². The molecule has 1 fully saturated rings. The number of amides is 2. The van der Waals surface area contributed by atoms with Crippen molar-refractivity contribution >= 4 is 52.1 Å². The number of nitrogens with one attached hydrogen (secondary N) is 1. The molecule has 0 saturated carbocycles. The second kappa shape index (κ2) is 10.3. The molecule has 0 unspecified atom stereocenters. The fourth-order valence-electron chi connectivity index (χ4n) is 3.97. The van der Waals surface area contributed by atoms with Crippen molar-refractivity contribution in [3.05, 3.63) is 97.5 Å². The Hall–Kier alpha value is -3.62. The minimum Gasteiger partial charge on any atom is -0.367 e. The summed E-state index contributed by atoms with van der Waals surface area (Å²) in [6.45, 7) is 4.31. The Balaban J connectivity index is 1.40. The normalized spacial score (nSPS) is 13.5. The van der Waals surface area contributed by atoms with Crippen LogP contribution in [0.15, 0.2) is 60.7 Å². The Morgan fingerprint density at radius 1 is 0.943 bits per heavy atom. The first-order valence-electron chi connectivity index (χ1n) is 10.9. The van der Waals surface area contributed by atoms with Crippen molar-refractivity contribution in [3.63, 3.8) is 0 Å². The molecule has 0 spiro atoms. The van der Waals surface area contributed by atoms with Crippen LogP contribution in [0.3, 0.4) is 0 Å². The minimum atomic E-state index is -0.640. The number of aryl methyl sites for hydroxylation is 1. The highest BCUT2D eigenvalue weighted by atomic mass is 35.5. The zero-order valence-corrected chi connectivity index (χ0v) is 20.3. The Labute approximate surface area is 212 Å². The lowest BCUT2D eigenvalue weighted by atomic mass is 10.1. The maximum absolute atomic E-state index is 12.9. The molecule has 0 aromatic heterocycles. The smallest absolute Gasteiger partial charge is 0.288 e. The Morgan fingerprint density at radius 2 is 1.66 bits per heavy atom. The third kappa shape index (κ3) is 5.39. The van der Waals surface area contributed by atoms with Crippen molar-refractivity contribution in [1.82, 2.24) is 4.90 Å². The summed E-state index contributed by atoms with van der Waals surface area (Å²) >= 11 is 12.3. The number of halogens is 2. The van der Waals surface area contributed by atoms with E-state index >= 15 is 0 Å². The van der Waals surface area contributed by atoms with Crippen molar-refractivity contribution in [3.8, 4) is 0 Å². The first-order chi connectivity index (χ1) is 16.7. The highest BCUT2D eigenvalue weighted by molar-refractivity contribution is 6.34. The van der Waals surface area contributed by atoms with Gasteiger partial charge in [0.2, 0.25) is 0 Å². The van der Waals surface area contributed by atoms with Crippen LogP contribution in [0.5, 0.6) is 0 Å². The molecule has 1 aliphatic rings. The van der Waals surface area contributed by atoms with Crippen molar-refractivity contribution in [2.45, 2.75) is 6.92 Å². The molecular weight excluding hydrogens is 491 g/mol. The standard InChI is InChI=1S/C25H22Cl2N4O4/c1-16-4-2-3-5-19(16)25(33)30-12-10-29(11-13-30)22-9-7-18(15-21(22)27)28-24(32)17-6-8-20(26)23(14-17)31(34)35/h2-9,14-15H,10-13H2,1H3,(H,28,32). The summed E-state index contributed by atoms with van der Waals surface area (Å²) in [4.78, 5) is 39.8. The van der Waals surface area contributed by atoms with Gasteiger partial charge in [-0.3, -0.25) is 19.7 Å². The molecule has 10 heteroatoms. The van der Waals surface area contributed by atoms with Gasteiger partial charge in [-0.05, 0) is 48.9 Å². The van der Waals surface area contributed by atoms with Gasteiger partial charge >= 0.3 is 0 Å². The van der Waals surface area contributed by atoms with Crippen LogP contribution in [0, 0.1) is 17.0 Å². The molecule has 2 amide bonds. The number of anilines is 2. The monoisotopic (exact) mass is 512 g/mol. The van der Waals surface area contributed by atoms with E-state index in [-0.39, 0.29) is 22.2 Å². The predicted molar refractivity (Wildman–Crippen MR) is 137 cm³/mol. The molecule has 180 valence electrons. The summed E-state index contributed by atoms with van der Waals surface area (Å²) in [6.07, 6.45) is 0. The second-order valence-corrected chi connectivity index (χ2v) is 8.95. The number of nitro groups is 1. The van der Waals surface area contributed by atoms with Gasteiger partial charge in [0.25, 0.3) is 17.5 Å². The summed E-state index contributed by atoms with van der Waals surface area (Å²) in [5.74, 6) is -0.494. The van der Waals surface area contributed by atoms with E-state index in [9.17, 15) is 19.7 Å². The number of hydrogen-bond donors (Lipinski definition) is 1. The molecule has 0 radical (unpaired) electrons. The van der Waals surface area contributed by atoms with E-state index in [1.54, 1.807) is 18.2 Å². The van der Waals surface area contributed by atoms with E-state index in [0.29, 0.717) is 42.5 Å². The second-order valence-electron chi connectivity index (χ2n) is 8.14. The predicted octanol–water partition coefficient (Wildman–Crippen LogP) is 5.42. The average Bonchev–Trinajstić information content (AvgIpc) is 2.84. The SMILES string of the molecule is Cc1ccccc1C(=O)N1CCN(c2ccc(NC(=O)c3ccc(Cl)c([N+](=O)[O-])c3)cc2Cl)CC1. The van der Waals surface area contributed by atoms with Gasteiger partial charge in [0.05, 0.1) is 15.6 Å². The number of rotatable bonds is 5. The van der Waals surface area contributed by atoms with Crippen LogP contribution in [-0.4, -0.2) is 47.8 Å². The highest BCUT2D eigenvalue weighted by Gasteiger charge is 2.24. The topological polar surface area (TPSA) is 95.8 Å². The summed E-state index contributed by atoms with van der Waals surface area (Å²) in [5, 5.41) is 14.2. The van der Waals surface area contributed by atoms with Gasteiger partial charge in [0, 0.05) is 49.1 Å². The molecule has 1 heterocycles. The molecule has 0 atom stereocenters. The summed E-state index contributed by atoms with van der Waals surface area (Å²) in [6, 6.07) is 16.6. The van der Waals surface area contributed by atoms with Gasteiger partial charge in [0.1, 0.15) is 5.02 Å². The van der Waals surface area contributed by atoms with Crippen molar-refractivity contribution in [2.75, 3.05) is 36.4 Å². The van der Waals surface area contributed by atoms with Crippen molar-refractivity contribution in [1.29, 1.82) is 0 Å². The Morgan fingerprint density at radius 3 is 2.31 bits per heavy atom. The quantitative estimate of drug-likeness (QED) is 0.363. The lowest BCUT2D eigenvalue weighted by Gasteiger charge is -2.36. The number of carbonyl (C=O) groups is 2. The maximum atomic E-state index is 12.9. The van der Waals surface area contributed by atoms with Crippen LogP contribution < -0.4 is 10.2 Å². The van der Waals surface area contributed by atoms with E-state index in [0.717, 1.165) is 17.3 Å². The van der Waals surface area contributed by atoms with Gasteiger partial charge in [-0.1, -0.05) is 41.4 Å². The average molecular weight is 513 g/mol. The van der Waals surface area contributed by atoms with Gasteiger partial charge in [-0.25, -0.2) is 0 Å². The number of benzene rings is 3. The largest absolute Gasteiger partial charge is 0.367 e. The van der Waals surface area contributed by atoms with E-state index in [4.69, 9.17) is 23.2 Å². The van der Waals surface area contributed by atoms with Crippen molar-refractivity contribution < 1.29 is 14.5 Å². The molecule has 3 aromatic carbocycles. The number of nitrogens with zero attached hydrogens (tertiary/aromatic N) is 3. The van der Waals surface area contributed by atoms with Crippen LogP contribution in [0.2, 0.25) is 10.0 Å². The highest BCUT2D eigenvalue weighted by Crippen LogP contribution is 2.31. The fraction of sp³-hybridized carbons (Fsp3) is 0.200. The minimum absolute atomic E-state index is 0.0225. The number of piperazine rings is 1. The van der Waals surface area contributed by atoms with Crippen LogP contribution >= 0.6 is 23.2 Å². The first-order valence-corrected chi connectivity index (χ1v) is 11.6. The van der Waals surface area contributed by atoms with Crippen LogP contribution in [0.25, 0.3) is 0 Å². The molecule has 0 aliphatic carbocycles. The summed E-state index contributed by atoms with van der Waals surface area (Å²) in [7, 11) is 0. The molecule has 3 aromatic rings. The molecule has 4 rings (SSSR count). The lowest BCUT2D eigenvalue weighted by molar-refractivity contribution is -0.384. The van der Waals surface area contributed by atoms with Gasteiger partial charge in [0.15, 0.2) is 0 Å². The molecule has 1 N–H and O–H groups in total. The van der Waals surface area contributed by atoms with E-state index in [1.165, 1.54) is 12.1 Å². The van der Waals surface area contributed by atoms with Crippen LogP contribution in [-0.2, 0) is 0 Å². The van der Waals surface area contributed by atoms with Crippen molar-refractivity contribution in [2.24, 2.45) is 0 Å². The van der Waals surface area contributed by atoms with Gasteiger partial charge in [-0.2, -0.15) is 0 Å². The third-order valence-corrected chi connectivity index (χ3v) is 6.52. The Bertz CT molecular complexity index is 1310. The molecule has 1 saturated heterocycles. The molecule has 8 nitrogen and oxygen atoms in total. The van der Waals surface area contributed by atoms with E-state index in [1.807, 2.05) is 36.1 Å². The first kappa shape index (κ1) is 24.5. The third-order valence-electron chi connectivity index (χ3n) is 5.89. The summed E-state index contributed by atoms with van der Waals surface area (Å²) in [5.41, 5.74) is 2.69. The molecule has 35 heavy (non-hydrogen) atoms. The molecular formula is C25H22Cl2N4O4. The van der Waals surface area contributed by atoms with E-state index < -0.39 is 10.8 Å².